The molecule has 4 aromatic rings. The zero-order valence-electron chi connectivity index (χ0n) is 19.0. The van der Waals surface area contributed by atoms with E-state index in [1.165, 1.54) is 35.2 Å². The number of fused-ring (bicyclic) bond motifs is 1. The second kappa shape index (κ2) is 10.2. The first-order valence-electron chi connectivity index (χ1n) is 11.1. The summed E-state index contributed by atoms with van der Waals surface area (Å²) in [6.45, 7) is 2.86. The minimum absolute atomic E-state index is 0.00511. The van der Waals surface area contributed by atoms with Gasteiger partial charge in [-0.2, -0.15) is 13.2 Å². The number of hydrogen-bond donors (Lipinski definition) is 2. The number of hydrogen-bond acceptors (Lipinski definition) is 3. The third-order valence-electron chi connectivity index (χ3n) is 5.81. The van der Waals surface area contributed by atoms with Gasteiger partial charge in [-0.1, -0.05) is 54.6 Å². The van der Waals surface area contributed by atoms with Crippen molar-refractivity contribution < 1.29 is 27.8 Å². The number of aromatic carboxylic acids is 1. The molecule has 0 heterocycles. The summed E-state index contributed by atoms with van der Waals surface area (Å²) in [6.07, 6.45) is -4.44. The number of carboxylic acid groups (broad SMARTS) is 1. The summed E-state index contributed by atoms with van der Waals surface area (Å²) in [5, 5.41) is 15.2. The molecule has 180 valence electrons. The van der Waals surface area contributed by atoms with Gasteiger partial charge in [0.1, 0.15) is 12.4 Å². The van der Waals surface area contributed by atoms with E-state index in [0.29, 0.717) is 23.4 Å². The number of nitrogens with one attached hydrogen (secondary N) is 1. The summed E-state index contributed by atoms with van der Waals surface area (Å²) >= 11 is 0. The van der Waals surface area contributed by atoms with Crippen molar-refractivity contribution in [3.8, 4) is 16.9 Å². The van der Waals surface area contributed by atoms with Gasteiger partial charge in [-0.15, -0.1) is 0 Å². The predicted octanol–water partition coefficient (Wildman–Crippen LogP) is 6.95. The lowest BCUT2D eigenvalue weighted by atomic mass is 10.00. The highest BCUT2D eigenvalue weighted by Crippen LogP contribution is 2.32. The maximum atomic E-state index is 12.9. The van der Waals surface area contributed by atoms with Crippen LogP contribution in [0.25, 0.3) is 21.9 Å². The van der Waals surface area contributed by atoms with Gasteiger partial charge in [0.2, 0.25) is 0 Å². The Morgan fingerprint density at radius 3 is 2.37 bits per heavy atom. The highest BCUT2D eigenvalue weighted by molar-refractivity contribution is 5.90. The predicted molar refractivity (Wildman–Crippen MR) is 130 cm³/mol. The molecule has 0 spiro atoms. The van der Waals surface area contributed by atoms with Crippen LogP contribution in [0, 0.1) is 0 Å². The first-order chi connectivity index (χ1) is 16.7. The van der Waals surface area contributed by atoms with Crippen LogP contribution >= 0.6 is 0 Å². The lowest BCUT2D eigenvalue weighted by Crippen LogP contribution is -2.24. The second-order valence-electron chi connectivity index (χ2n) is 8.22. The van der Waals surface area contributed by atoms with Gasteiger partial charge >= 0.3 is 12.1 Å². The number of carboxylic acids is 1. The van der Waals surface area contributed by atoms with E-state index in [1.807, 2.05) is 18.2 Å². The number of rotatable bonds is 8. The first kappa shape index (κ1) is 24.3. The SMILES string of the molecule is C[C@@H](NCCOc1cc(C(=O)O)cc(-c2ccc(C(F)(F)F)cc2)c1)c1cccc2ccccc12. The third kappa shape index (κ3) is 5.81. The third-order valence-corrected chi connectivity index (χ3v) is 5.81. The van der Waals surface area contributed by atoms with E-state index in [0.717, 1.165) is 17.5 Å². The molecule has 0 fully saturated rings. The molecular weight excluding hydrogens is 455 g/mol. The fourth-order valence-electron chi connectivity index (χ4n) is 4.01. The summed E-state index contributed by atoms with van der Waals surface area (Å²) in [7, 11) is 0. The average Bonchev–Trinajstić information content (AvgIpc) is 2.85. The molecule has 4 rings (SSSR count). The molecule has 0 aliphatic heterocycles. The Bertz CT molecular complexity index is 1330. The number of alkyl halides is 3. The van der Waals surface area contributed by atoms with E-state index in [2.05, 4.69) is 36.5 Å². The van der Waals surface area contributed by atoms with Crippen molar-refractivity contribution in [1.82, 2.24) is 5.32 Å². The first-order valence-corrected chi connectivity index (χ1v) is 11.1. The van der Waals surface area contributed by atoms with Crippen LogP contribution in [0.15, 0.2) is 84.9 Å². The van der Waals surface area contributed by atoms with E-state index in [1.54, 1.807) is 6.07 Å². The van der Waals surface area contributed by atoms with Crippen LogP contribution in [0.1, 0.15) is 34.5 Å². The summed E-state index contributed by atoms with van der Waals surface area (Å²) in [5.41, 5.74) is 1.33. The standard InChI is InChI=1S/C28H24F3NO3/c1-18(25-8-4-6-20-5-2-3-7-26(20)25)32-13-14-35-24-16-21(15-22(17-24)27(33)34)19-9-11-23(12-10-19)28(29,30)31/h2-12,15-18,32H,13-14H2,1H3,(H,33,34)/t18-/m1/s1. The van der Waals surface area contributed by atoms with Gasteiger partial charge in [0, 0.05) is 12.6 Å². The molecule has 1 atom stereocenters. The number of halogens is 3. The monoisotopic (exact) mass is 479 g/mol. The molecule has 0 unspecified atom stereocenters. The molecule has 7 heteroatoms. The molecule has 0 amide bonds. The number of ether oxygens (including phenoxy) is 1. The number of benzene rings is 4. The summed E-state index contributed by atoms with van der Waals surface area (Å²) < 4.78 is 44.4. The van der Waals surface area contributed by atoms with E-state index in [9.17, 15) is 23.1 Å². The summed E-state index contributed by atoms with van der Waals surface area (Å²) in [5.74, 6) is -0.814. The molecule has 35 heavy (non-hydrogen) atoms. The average molecular weight is 479 g/mol. The Balaban J connectivity index is 1.44. The zero-order valence-corrected chi connectivity index (χ0v) is 19.0. The minimum atomic E-state index is -4.44. The van der Waals surface area contributed by atoms with Crippen LogP contribution < -0.4 is 10.1 Å². The fourth-order valence-corrected chi connectivity index (χ4v) is 4.01. The maximum Gasteiger partial charge on any atom is 0.416 e. The van der Waals surface area contributed by atoms with Crippen LogP contribution in [-0.2, 0) is 6.18 Å². The second-order valence-corrected chi connectivity index (χ2v) is 8.22. The largest absolute Gasteiger partial charge is 0.492 e. The van der Waals surface area contributed by atoms with E-state index in [-0.39, 0.29) is 18.2 Å². The Hall–Kier alpha value is -3.84. The van der Waals surface area contributed by atoms with Crippen molar-refractivity contribution in [3.63, 3.8) is 0 Å². The molecule has 0 saturated carbocycles. The van der Waals surface area contributed by atoms with E-state index < -0.39 is 17.7 Å². The Labute approximate surface area is 201 Å². The highest BCUT2D eigenvalue weighted by Gasteiger charge is 2.30. The fraction of sp³-hybridized carbons (Fsp3) is 0.179. The smallest absolute Gasteiger partial charge is 0.416 e. The Kier molecular flexibility index (Phi) is 7.07. The van der Waals surface area contributed by atoms with Crippen LogP contribution in [0.4, 0.5) is 13.2 Å². The molecule has 0 aromatic heterocycles. The molecule has 0 saturated heterocycles. The normalized spacial score (nSPS) is 12.5. The molecule has 0 bridgehead atoms. The van der Waals surface area contributed by atoms with Crippen molar-refractivity contribution in [2.24, 2.45) is 0 Å². The molecular formula is C28H24F3NO3. The van der Waals surface area contributed by atoms with Crippen LogP contribution in [0.5, 0.6) is 5.75 Å². The minimum Gasteiger partial charge on any atom is -0.492 e. The van der Waals surface area contributed by atoms with Crippen molar-refractivity contribution in [2.45, 2.75) is 19.1 Å². The van der Waals surface area contributed by atoms with Gasteiger partial charge in [0.25, 0.3) is 0 Å². The topological polar surface area (TPSA) is 58.6 Å². The van der Waals surface area contributed by atoms with Gasteiger partial charge in [-0.3, -0.25) is 0 Å². The summed E-state index contributed by atoms with van der Waals surface area (Å²) in [6, 6.07) is 23.4. The zero-order chi connectivity index (χ0) is 25.0. The van der Waals surface area contributed by atoms with Crippen molar-refractivity contribution in [3.05, 3.63) is 102 Å². The maximum absolute atomic E-state index is 12.9. The van der Waals surface area contributed by atoms with Crippen LogP contribution in [0.2, 0.25) is 0 Å². The molecule has 4 nitrogen and oxygen atoms in total. The summed E-state index contributed by atoms with van der Waals surface area (Å²) in [4.78, 5) is 11.6. The quantitative estimate of drug-likeness (QED) is 0.269. The van der Waals surface area contributed by atoms with Gasteiger partial charge in [-0.25, -0.2) is 4.79 Å². The number of carbonyl (C=O) groups is 1. The Morgan fingerprint density at radius 2 is 1.66 bits per heavy atom. The van der Waals surface area contributed by atoms with E-state index >= 15 is 0 Å². The van der Waals surface area contributed by atoms with Gasteiger partial charge in [-0.05, 0) is 64.7 Å². The van der Waals surface area contributed by atoms with E-state index in [4.69, 9.17) is 4.74 Å². The Morgan fingerprint density at radius 1 is 0.943 bits per heavy atom. The van der Waals surface area contributed by atoms with Gasteiger partial charge < -0.3 is 15.2 Å². The van der Waals surface area contributed by atoms with Crippen LogP contribution in [-0.4, -0.2) is 24.2 Å². The van der Waals surface area contributed by atoms with Crippen molar-refractivity contribution in [2.75, 3.05) is 13.2 Å². The molecule has 0 radical (unpaired) electrons. The van der Waals surface area contributed by atoms with Crippen LogP contribution in [0.3, 0.4) is 0 Å². The van der Waals surface area contributed by atoms with Gasteiger partial charge in [0.15, 0.2) is 0 Å². The molecule has 4 aromatic carbocycles. The highest BCUT2D eigenvalue weighted by atomic mass is 19.4. The van der Waals surface area contributed by atoms with Crippen molar-refractivity contribution >= 4 is 16.7 Å². The lowest BCUT2D eigenvalue weighted by molar-refractivity contribution is -0.137. The molecule has 0 aliphatic rings. The molecule has 2 N–H and O–H groups in total. The lowest BCUT2D eigenvalue weighted by Gasteiger charge is -2.17. The molecule has 0 aliphatic carbocycles. The van der Waals surface area contributed by atoms with Crippen molar-refractivity contribution in [1.29, 1.82) is 0 Å². The van der Waals surface area contributed by atoms with Gasteiger partial charge in [0.05, 0.1) is 11.1 Å².